The highest BCUT2D eigenvalue weighted by Crippen LogP contribution is 2.35. The fourth-order valence-electron chi connectivity index (χ4n) is 3.31. The zero-order valence-electron chi connectivity index (χ0n) is 13.6. The average molecular weight is 341 g/mol. The molecule has 0 aliphatic heterocycles. The van der Waals surface area contributed by atoms with Crippen LogP contribution in [0.4, 0.5) is 11.4 Å². The summed E-state index contributed by atoms with van der Waals surface area (Å²) in [5, 5.41) is 24.6. The second-order valence-electron chi connectivity index (χ2n) is 6.22. The summed E-state index contributed by atoms with van der Waals surface area (Å²) >= 11 is 0. The van der Waals surface area contributed by atoms with Crippen LogP contribution >= 0.6 is 0 Å². The first kappa shape index (κ1) is 16.9. The molecule has 0 bridgehead atoms. The molecule has 3 rings (SSSR count). The molecule has 1 unspecified atom stereocenters. The zero-order valence-corrected chi connectivity index (χ0v) is 13.6. The predicted molar refractivity (Wildman–Crippen MR) is 93.1 cm³/mol. The Kier molecular flexibility index (Phi) is 4.41. The van der Waals surface area contributed by atoms with Crippen LogP contribution in [-0.2, 0) is 12.0 Å². The number of aliphatic hydroxyl groups is 1. The van der Waals surface area contributed by atoms with Crippen molar-refractivity contribution in [2.75, 3.05) is 12.3 Å². The van der Waals surface area contributed by atoms with Crippen LogP contribution in [0.5, 0.6) is 0 Å². The van der Waals surface area contributed by atoms with Gasteiger partial charge in [0.15, 0.2) is 0 Å². The number of nitrogen functional groups attached to an aromatic ring is 1. The number of benzene rings is 2. The summed E-state index contributed by atoms with van der Waals surface area (Å²) in [5.41, 5.74) is 6.01. The second-order valence-corrected chi connectivity index (χ2v) is 6.22. The van der Waals surface area contributed by atoms with Gasteiger partial charge in [-0.2, -0.15) is 0 Å². The van der Waals surface area contributed by atoms with Gasteiger partial charge in [0, 0.05) is 6.07 Å². The fraction of sp³-hybridized carbons (Fsp3) is 0.278. The minimum atomic E-state index is -1.15. The number of carbonyl (C=O) groups is 1. The number of nitro groups is 1. The third-order valence-electron chi connectivity index (χ3n) is 4.62. The first-order valence-corrected chi connectivity index (χ1v) is 8.04. The zero-order chi connectivity index (χ0) is 18.0. The minimum absolute atomic E-state index is 0.0188. The summed E-state index contributed by atoms with van der Waals surface area (Å²) < 4.78 is 0. The van der Waals surface area contributed by atoms with Crippen LogP contribution in [-0.4, -0.2) is 22.5 Å². The Hall–Kier alpha value is -2.93. The minimum Gasteiger partial charge on any atom is -0.393 e. The van der Waals surface area contributed by atoms with E-state index in [0.717, 1.165) is 24.0 Å². The van der Waals surface area contributed by atoms with Gasteiger partial charge in [0.25, 0.3) is 11.6 Å². The lowest BCUT2D eigenvalue weighted by molar-refractivity contribution is -0.383. The predicted octanol–water partition coefficient (Wildman–Crippen LogP) is 2.13. The number of rotatable bonds is 4. The van der Waals surface area contributed by atoms with Crippen LogP contribution in [0.3, 0.4) is 0 Å². The number of nitrogens with two attached hydrogens (primary N) is 1. The van der Waals surface area contributed by atoms with Crippen molar-refractivity contribution in [3.8, 4) is 0 Å². The molecule has 7 heteroatoms. The molecule has 2 aromatic carbocycles. The van der Waals surface area contributed by atoms with E-state index < -0.39 is 16.4 Å². The van der Waals surface area contributed by atoms with Gasteiger partial charge < -0.3 is 16.2 Å². The van der Waals surface area contributed by atoms with Gasteiger partial charge in [0.2, 0.25) is 0 Å². The van der Waals surface area contributed by atoms with E-state index in [9.17, 15) is 20.0 Å². The number of nitro benzene ring substituents is 1. The van der Waals surface area contributed by atoms with E-state index in [0.29, 0.717) is 6.42 Å². The second kappa shape index (κ2) is 6.52. The quantitative estimate of drug-likeness (QED) is 0.447. The number of hydrogen-bond donors (Lipinski definition) is 3. The Morgan fingerprint density at radius 2 is 2.04 bits per heavy atom. The number of carbonyl (C=O) groups excluding carboxylic acids is 1. The normalized spacial score (nSPS) is 19.1. The molecule has 7 nitrogen and oxygen atoms in total. The van der Waals surface area contributed by atoms with Gasteiger partial charge in [0.05, 0.1) is 17.0 Å². The van der Waals surface area contributed by atoms with Crippen molar-refractivity contribution in [3.05, 3.63) is 69.3 Å². The molecular weight excluding hydrogens is 322 g/mol. The van der Waals surface area contributed by atoms with Crippen LogP contribution in [0.2, 0.25) is 0 Å². The number of nitrogens with one attached hydrogen (secondary N) is 1. The molecule has 0 saturated heterocycles. The highest BCUT2D eigenvalue weighted by molar-refractivity contribution is 6.01. The molecule has 2 aromatic rings. The van der Waals surface area contributed by atoms with Gasteiger partial charge in [-0.1, -0.05) is 30.3 Å². The molecule has 4 N–H and O–H groups in total. The number of fused-ring (bicyclic) bond motifs is 1. The Morgan fingerprint density at radius 3 is 2.80 bits per heavy atom. The Labute approximate surface area is 144 Å². The smallest absolute Gasteiger partial charge is 0.292 e. The summed E-state index contributed by atoms with van der Waals surface area (Å²) in [6, 6.07) is 11.7. The summed E-state index contributed by atoms with van der Waals surface area (Å²) in [6.45, 7) is 0.0188. The van der Waals surface area contributed by atoms with Crippen molar-refractivity contribution >= 4 is 17.3 Å². The van der Waals surface area contributed by atoms with Crippen molar-refractivity contribution in [2.45, 2.75) is 24.9 Å². The number of nitrogens with zero attached hydrogens (tertiary/aromatic N) is 1. The largest absolute Gasteiger partial charge is 0.393 e. The molecule has 0 saturated carbocycles. The number of para-hydroxylation sites is 1. The summed E-state index contributed by atoms with van der Waals surface area (Å²) in [6.07, 6.45) is 2.25. The molecule has 0 radical (unpaired) electrons. The van der Waals surface area contributed by atoms with E-state index in [1.54, 1.807) is 0 Å². The van der Waals surface area contributed by atoms with Crippen molar-refractivity contribution in [1.29, 1.82) is 0 Å². The first-order valence-electron chi connectivity index (χ1n) is 8.04. The molecule has 1 aliphatic rings. The van der Waals surface area contributed by atoms with Crippen molar-refractivity contribution < 1.29 is 14.8 Å². The molecule has 0 fully saturated rings. The molecule has 0 spiro atoms. The highest BCUT2D eigenvalue weighted by Gasteiger charge is 2.34. The van der Waals surface area contributed by atoms with E-state index in [2.05, 4.69) is 5.32 Å². The standard InChI is InChI=1S/C18H19N3O4/c19-16-13(7-3-9-15(16)21(24)25)17(22)20-11-18(23)10-4-6-12-5-1-2-8-14(12)18/h1-3,5,7-9,23H,4,6,10-11,19H2,(H,20,22). The number of aryl methyl sites for hydroxylation is 1. The molecule has 1 aliphatic carbocycles. The van der Waals surface area contributed by atoms with Gasteiger partial charge in [-0.15, -0.1) is 0 Å². The third-order valence-corrected chi connectivity index (χ3v) is 4.62. The number of amides is 1. The molecule has 0 heterocycles. The molecule has 0 aromatic heterocycles. The van der Waals surface area contributed by atoms with E-state index in [-0.39, 0.29) is 23.5 Å². The Bertz CT molecular complexity index is 837. The van der Waals surface area contributed by atoms with Crippen LogP contribution in [0.15, 0.2) is 42.5 Å². The SMILES string of the molecule is Nc1c(C(=O)NCC2(O)CCCc3ccccc32)cccc1[N+](=O)[O-]. The average Bonchev–Trinajstić information content (AvgIpc) is 2.60. The van der Waals surface area contributed by atoms with Crippen molar-refractivity contribution in [3.63, 3.8) is 0 Å². The fourth-order valence-corrected chi connectivity index (χ4v) is 3.31. The van der Waals surface area contributed by atoms with E-state index in [1.807, 2.05) is 24.3 Å². The highest BCUT2D eigenvalue weighted by atomic mass is 16.6. The van der Waals surface area contributed by atoms with Crippen LogP contribution in [0.25, 0.3) is 0 Å². The topological polar surface area (TPSA) is 118 Å². The van der Waals surface area contributed by atoms with Gasteiger partial charge in [-0.3, -0.25) is 14.9 Å². The van der Waals surface area contributed by atoms with Gasteiger partial charge in [-0.05, 0) is 36.5 Å². The summed E-state index contributed by atoms with van der Waals surface area (Å²) in [7, 11) is 0. The third kappa shape index (κ3) is 3.18. The maximum Gasteiger partial charge on any atom is 0.292 e. The molecular formula is C18H19N3O4. The maximum absolute atomic E-state index is 12.4. The van der Waals surface area contributed by atoms with E-state index in [1.165, 1.54) is 18.2 Å². The molecule has 1 atom stereocenters. The summed E-state index contributed by atoms with van der Waals surface area (Å²) in [4.78, 5) is 22.7. The van der Waals surface area contributed by atoms with Gasteiger partial charge in [0.1, 0.15) is 11.3 Å². The Morgan fingerprint density at radius 1 is 1.28 bits per heavy atom. The molecule has 1 amide bonds. The lowest BCUT2D eigenvalue weighted by Gasteiger charge is -2.34. The number of hydrogen-bond acceptors (Lipinski definition) is 5. The van der Waals surface area contributed by atoms with Crippen LogP contribution in [0, 0.1) is 10.1 Å². The summed E-state index contributed by atoms with van der Waals surface area (Å²) in [5.74, 6) is -0.544. The number of anilines is 1. The Balaban J connectivity index is 1.80. The van der Waals surface area contributed by atoms with Crippen molar-refractivity contribution in [1.82, 2.24) is 5.32 Å². The lowest BCUT2D eigenvalue weighted by atomic mass is 9.79. The molecule has 25 heavy (non-hydrogen) atoms. The van der Waals surface area contributed by atoms with Gasteiger partial charge >= 0.3 is 0 Å². The van der Waals surface area contributed by atoms with E-state index >= 15 is 0 Å². The van der Waals surface area contributed by atoms with Crippen molar-refractivity contribution in [2.24, 2.45) is 0 Å². The van der Waals surface area contributed by atoms with E-state index in [4.69, 9.17) is 5.73 Å². The van der Waals surface area contributed by atoms with Crippen LogP contribution in [0.1, 0.15) is 34.3 Å². The molecule has 130 valence electrons. The monoisotopic (exact) mass is 341 g/mol. The van der Waals surface area contributed by atoms with Crippen LogP contribution < -0.4 is 11.1 Å². The van der Waals surface area contributed by atoms with Gasteiger partial charge in [-0.25, -0.2) is 0 Å². The maximum atomic E-state index is 12.4. The lowest BCUT2D eigenvalue weighted by Crippen LogP contribution is -2.43. The first-order chi connectivity index (χ1) is 11.9.